The molecule has 0 bridgehead atoms. The van der Waals surface area contributed by atoms with Gasteiger partial charge in [0.25, 0.3) is 0 Å². The van der Waals surface area contributed by atoms with Gasteiger partial charge in [-0.2, -0.15) is 0 Å². The predicted octanol–water partition coefficient (Wildman–Crippen LogP) is 3.63. The molecule has 0 saturated carbocycles. The molecule has 0 aliphatic rings. The van der Waals surface area contributed by atoms with Crippen LogP contribution in [0.3, 0.4) is 0 Å². The van der Waals surface area contributed by atoms with Gasteiger partial charge in [0, 0.05) is 31.3 Å². The maximum absolute atomic E-state index is 13.8. The number of nitrogens with zero attached hydrogens (tertiary/aromatic N) is 1. The van der Waals surface area contributed by atoms with E-state index < -0.39 is 0 Å². The molecule has 0 aliphatic carbocycles. The van der Waals surface area contributed by atoms with Gasteiger partial charge >= 0.3 is 0 Å². The molecule has 1 atom stereocenters. The summed E-state index contributed by atoms with van der Waals surface area (Å²) in [6.07, 6.45) is 2.42. The molecule has 3 aromatic rings. The van der Waals surface area contributed by atoms with Crippen molar-refractivity contribution >= 4 is 10.9 Å². The molecule has 2 aromatic carbocycles. The molecule has 0 radical (unpaired) electrons. The number of aromatic nitrogens is 1. The molecule has 0 saturated heterocycles. The summed E-state index contributed by atoms with van der Waals surface area (Å²) >= 11 is 0. The fraction of sp³-hybridized carbons (Fsp3) is 0.250. The van der Waals surface area contributed by atoms with Gasteiger partial charge in [-0.15, -0.1) is 0 Å². The van der Waals surface area contributed by atoms with E-state index in [4.69, 9.17) is 0 Å². The van der Waals surface area contributed by atoms with Gasteiger partial charge in [-0.3, -0.25) is 4.98 Å². The van der Waals surface area contributed by atoms with Crippen molar-refractivity contribution in [3.8, 4) is 0 Å². The quantitative estimate of drug-likeness (QED) is 0.697. The summed E-state index contributed by atoms with van der Waals surface area (Å²) in [6.45, 7) is 1.40. The summed E-state index contributed by atoms with van der Waals surface area (Å²) in [6, 6.07) is 16.8. The zero-order valence-corrected chi connectivity index (χ0v) is 13.5. The molecule has 124 valence electrons. The number of fused-ring (bicyclic) bond motifs is 1. The molecule has 1 unspecified atom stereocenters. The normalized spacial score (nSPS) is 12.4. The van der Waals surface area contributed by atoms with Crippen molar-refractivity contribution in [2.45, 2.75) is 18.9 Å². The van der Waals surface area contributed by atoms with Gasteiger partial charge in [-0.05, 0) is 41.7 Å². The number of nitrogens with one attached hydrogen (secondary N) is 1. The van der Waals surface area contributed by atoms with Crippen molar-refractivity contribution in [2.24, 2.45) is 0 Å². The average molecular weight is 324 g/mol. The van der Waals surface area contributed by atoms with Crippen LogP contribution in [-0.4, -0.2) is 23.2 Å². The summed E-state index contributed by atoms with van der Waals surface area (Å²) in [5.41, 5.74) is 2.87. The topological polar surface area (TPSA) is 45.1 Å². The molecule has 3 rings (SSSR count). The minimum atomic E-state index is -0.248. The Kier molecular flexibility index (Phi) is 5.51. The number of benzene rings is 2. The van der Waals surface area contributed by atoms with Crippen LogP contribution in [0.5, 0.6) is 0 Å². The van der Waals surface area contributed by atoms with E-state index in [1.54, 1.807) is 6.20 Å². The largest absolute Gasteiger partial charge is 0.396 e. The van der Waals surface area contributed by atoms with E-state index in [0.29, 0.717) is 13.0 Å². The van der Waals surface area contributed by atoms with Gasteiger partial charge in [-0.25, -0.2) is 4.39 Å². The molecular formula is C20H21FN2O. The van der Waals surface area contributed by atoms with Crippen molar-refractivity contribution in [1.82, 2.24) is 10.3 Å². The highest BCUT2D eigenvalue weighted by atomic mass is 19.1. The zero-order valence-electron chi connectivity index (χ0n) is 13.5. The zero-order chi connectivity index (χ0) is 16.8. The monoisotopic (exact) mass is 324 g/mol. The summed E-state index contributed by atoms with van der Waals surface area (Å²) in [5, 5.41) is 13.5. The number of aliphatic hydroxyl groups excluding tert-OH is 1. The van der Waals surface area contributed by atoms with E-state index in [1.165, 1.54) is 17.7 Å². The lowest BCUT2D eigenvalue weighted by Gasteiger charge is -2.17. The van der Waals surface area contributed by atoms with Crippen LogP contribution in [0.4, 0.5) is 4.39 Å². The molecule has 3 nitrogen and oxygen atoms in total. The molecule has 1 aromatic heterocycles. The van der Waals surface area contributed by atoms with Crippen molar-refractivity contribution in [2.75, 3.05) is 13.2 Å². The van der Waals surface area contributed by atoms with Gasteiger partial charge in [-0.1, -0.05) is 36.4 Å². The number of rotatable bonds is 7. The number of aliphatic hydroxyl groups is 1. The first-order valence-corrected chi connectivity index (χ1v) is 8.17. The minimum absolute atomic E-state index is 0.145. The standard InChI is InChI=1S/C20H21FN2O/c21-19-11-16-7-4-9-23-20(16)18(12-19)14-22-13-17(8-10-24)15-5-2-1-3-6-15/h1-7,9,11-12,17,22,24H,8,10,13-14H2. The maximum atomic E-state index is 13.8. The molecule has 2 N–H and O–H groups in total. The Bertz CT molecular complexity index is 792. The first-order chi connectivity index (χ1) is 11.8. The van der Waals surface area contributed by atoms with Gasteiger partial charge in [0.15, 0.2) is 0 Å². The molecular weight excluding hydrogens is 303 g/mol. The smallest absolute Gasteiger partial charge is 0.124 e. The van der Waals surface area contributed by atoms with Gasteiger partial charge < -0.3 is 10.4 Å². The van der Waals surface area contributed by atoms with Crippen molar-refractivity contribution < 1.29 is 9.50 Å². The first kappa shape index (κ1) is 16.6. The van der Waals surface area contributed by atoms with Crippen LogP contribution in [0.2, 0.25) is 0 Å². The third-order valence-corrected chi connectivity index (χ3v) is 4.20. The summed E-state index contributed by atoms with van der Waals surface area (Å²) in [5.74, 6) is -0.0220. The van der Waals surface area contributed by atoms with E-state index >= 15 is 0 Å². The molecule has 24 heavy (non-hydrogen) atoms. The maximum Gasteiger partial charge on any atom is 0.124 e. The van der Waals surface area contributed by atoms with Gasteiger partial charge in [0.2, 0.25) is 0 Å². The van der Waals surface area contributed by atoms with E-state index in [0.717, 1.165) is 23.0 Å². The second-order valence-corrected chi connectivity index (χ2v) is 5.89. The Morgan fingerprint density at radius 3 is 2.71 bits per heavy atom. The second kappa shape index (κ2) is 7.99. The molecule has 0 spiro atoms. The Balaban J connectivity index is 1.71. The SMILES string of the molecule is OCCC(CNCc1cc(F)cc2cccnc12)c1ccccc1. The summed E-state index contributed by atoms with van der Waals surface area (Å²) in [7, 11) is 0. The second-order valence-electron chi connectivity index (χ2n) is 5.89. The highest BCUT2D eigenvalue weighted by Crippen LogP contribution is 2.20. The lowest BCUT2D eigenvalue weighted by Crippen LogP contribution is -2.22. The molecule has 4 heteroatoms. The fourth-order valence-electron chi connectivity index (χ4n) is 3.01. The molecule has 0 fully saturated rings. The summed E-state index contributed by atoms with van der Waals surface area (Å²) in [4.78, 5) is 4.37. The first-order valence-electron chi connectivity index (χ1n) is 8.17. The van der Waals surface area contributed by atoms with E-state index in [-0.39, 0.29) is 18.3 Å². The van der Waals surface area contributed by atoms with Gasteiger partial charge in [0.05, 0.1) is 5.52 Å². The average Bonchev–Trinajstić information content (AvgIpc) is 2.61. The molecule has 0 aliphatic heterocycles. The van der Waals surface area contributed by atoms with Crippen molar-refractivity contribution in [1.29, 1.82) is 0 Å². The number of halogens is 1. The van der Waals surface area contributed by atoms with Crippen LogP contribution in [0.25, 0.3) is 10.9 Å². The Morgan fingerprint density at radius 1 is 1.08 bits per heavy atom. The highest BCUT2D eigenvalue weighted by molar-refractivity contribution is 5.81. The molecule has 0 amide bonds. The summed E-state index contributed by atoms with van der Waals surface area (Å²) < 4.78 is 13.8. The van der Waals surface area contributed by atoms with Crippen LogP contribution in [0, 0.1) is 5.82 Å². The lowest BCUT2D eigenvalue weighted by atomic mass is 9.96. The third-order valence-electron chi connectivity index (χ3n) is 4.20. The number of hydrogen-bond donors (Lipinski definition) is 2. The minimum Gasteiger partial charge on any atom is -0.396 e. The van der Waals surface area contributed by atoms with Gasteiger partial charge in [0.1, 0.15) is 5.82 Å². The predicted molar refractivity (Wildman–Crippen MR) is 94.3 cm³/mol. The van der Waals surface area contributed by atoms with Crippen LogP contribution in [0.15, 0.2) is 60.8 Å². The van der Waals surface area contributed by atoms with Crippen molar-refractivity contribution in [3.05, 3.63) is 77.7 Å². The lowest BCUT2D eigenvalue weighted by molar-refractivity contribution is 0.273. The number of pyridine rings is 1. The Hall–Kier alpha value is -2.30. The fourth-order valence-corrected chi connectivity index (χ4v) is 3.01. The number of hydrogen-bond acceptors (Lipinski definition) is 3. The van der Waals surface area contributed by atoms with Crippen LogP contribution in [-0.2, 0) is 6.54 Å². The van der Waals surface area contributed by atoms with E-state index in [9.17, 15) is 9.50 Å². The van der Waals surface area contributed by atoms with E-state index in [1.807, 2.05) is 30.3 Å². The third kappa shape index (κ3) is 3.96. The van der Waals surface area contributed by atoms with Crippen LogP contribution >= 0.6 is 0 Å². The van der Waals surface area contributed by atoms with Crippen LogP contribution < -0.4 is 5.32 Å². The Morgan fingerprint density at radius 2 is 1.92 bits per heavy atom. The highest BCUT2D eigenvalue weighted by Gasteiger charge is 2.11. The van der Waals surface area contributed by atoms with E-state index in [2.05, 4.69) is 22.4 Å². The van der Waals surface area contributed by atoms with Crippen molar-refractivity contribution in [3.63, 3.8) is 0 Å². The van der Waals surface area contributed by atoms with Crippen LogP contribution in [0.1, 0.15) is 23.5 Å². The Labute approximate surface area is 141 Å². The molecule has 1 heterocycles.